The second-order valence-corrected chi connectivity index (χ2v) is 5.53. The Labute approximate surface area is 124 Å². The van der Waals surface area contributed by atoms with Crippen molar-refractivity contribution in [2.75, 3.05) is 40.3 Å². The zero-order valence-electron chi connectivity index (χ0n) is 13.3. The molecule has 20 heavy (non-hydrogen) atoms. The summed E-state index contributed by atoms with van der Waals surface area (Å²) < 4.78 is 5.68. The Morgan fingerprint density at radius 1 is 1.05 bits per heavy atom. The number of benzene rings is 1. The Morgan fingerprint density at radius 3 is 2.40 bits per heavy atom. The number of hydrogen-bond acceptors (Lipinski definition) is 3. The molecule has 0 spiro atoms. The fourth-order valence-electron chi connectivity index (χ4n) is 2.01. The van der Waals surface area contributed by atoms with E-state index in [0.717, 1.165) is 45.7 Å². The van der Waals surface area contributed by atoms with Crippen molar-refractivity contribution in [3.8, 4) is 0 Å². The Morgan fingerprint density at radius 2 is 1.75 bits per heavy atom. The molecule has 1 rings (SSSR count). The van der Waals surface area contributed by atoms with E-state index in [0.29, 0.717) is 0 Å². The highest BCUT2D eigenvalue weighted by Gasteiger charge is 1.97. The monoisotopic (exact) mass is 278 g/mol. The Bertz CT molecular complexity index is 335. The molecule has 0 unspecified atom stereocenters. The van der Waals surface area contributed by atoms with E-state index < -0.39 is 0 Å². The van der Waals surface area contributed by atoms with Crippen LogP contribution in [-0.2, 0) is 17.8 Å². The Kier molecular flexibility index (Phi) is 9.29. The maximum absolute atomic E-state index is 5.68. The predicted octanol–water partition coefficient (Wildman–Crippen LogP) is 2.70. The molecule has 0 radical (unpaired) electrons. The normalized spacial score (nSPS) is 11.2. The summed E-state index contributed by atoms with van der Waals surface area (Å²) in [4.78, 5) is 2.19. The molecule has 3 nitrogen and oxygen atoms in total. The zero-order valence-corrected chi connectivity index (χ0v) is 13.3. The summed E-state index contributed by atoms with van der Waals surface area (Å²) in [5, 5.41) is 3.43. The van der Waals surface area contributed by atoms with Gasteiger partial charge in [0.25, 0.3) is 0 Å². The molecule has 0 aliphatic heterocycles. The lowest BCUT2D eigenvalue weighted by molar-refractivity contribution is 0.113. The lowest BCUT2D eigenvalue weighted by Gasteiger charge is -2.10. The van der Waals surface area contributed by atoms with Crippen LogP contribution in [0.4, 0.5) is 0 Å². The Hall–Kier alpha value is -0.900. The largest absolute Gasteiger partial charge is 0.377 e. The maximum Gasteiger partial charge on any atom is 0.0716 e. The van der Waals surface area contributed by atoms with Gasteiger partial charge in [-0.15, -0.1) is 0 Å². The first-order valence-corrected chi connectivity index (χ1v) is 7.73. The summed E-state index contributed by atoms with van der Waals surface area (Å²) in [6, 6.07) is 8.79. The van der Waals surface area contributed by atoms with Crippen LogP contribution in [0.2, 0.25) is 0 Å². The molecular weight excluding hydrogens is 248 g/mol. The molecule has 0 bridgehead atoms. The molecule has 0 saturated carbocycles. The molecule has 1 N–H and O–H groups in total. The van der Waals surface area contributed by atoms with Gasteiger partial charge in [-0.05, 0) is 64.1 Å². The van der Waals surface area contributed by atoms with Crippen molar-refractivity contribution in [2.45, 2.75) is 32.8 Å². The smallest absolute Gasteiger partial charge is 0.0716 e. The van der Waals surface area contributed by atoms with E-state index in [1.807, 2.05) is 0 Å². The standard InChI is InChI=1S/C17H30N2O/c1-4-11-18-12-10-16-6-8-17(9-7-16)15-20-14-5-13-19(2)3/h6-9,18H,4-5,10-15H2,1-3H3. The van der Waals surface area contributed by atoms with Crippen molar-refractivity contribution in [3.05, 3.63) is 35.4 Å². The van der Waals surface area contributed by atoms with E-state index in [4.69, 9.17) is 4.74 Å². The molecule has 0 heterocycles. The predicted molar refractivity (Wildman–Crippen MR) is 86.1 cm³/mol. The second kappa shape index (κ2) is 10.8. The number of rotatable bonds is 11. The minimum atomic E-state index is 0.724. The van der Waals surface area contributed by atoms with Crippen LogP contribution in [0.3, 0.4) is 0 Å². The first-order valence-electron chi connectivity index (χ1n) is 7.73. The van der Waals surface area contributed by atoms with Crippen molar-refractivity contribution in [1.82, 2.24) is 10.2 Å². The highest BCUT2D eigenvalue weighted by molar-refractivity contribution is 5.22. The minimum Gasteiger partial charge on any atom is -0.377 e. The fourth-order valence-corrected chi connectivity index (χ4v) is 2.01. The fraction of sp³-hybridized carbons (Fsp3) is 0.647. The average molecular weight is 278 g/mol. The topological polar surface area (TPSA) is 24.5 Å². The number of hydrogen-bond donors (Lipinski definition) is 1. The summed E-state index contributed by atoms with van der Waals surface area (Å²) in [6.45, 7) is 7.01. The summed E-state index contributed by atoms with van der Waals surface area (Å²) in [5.74, 6) is 0. The molecule has 114 valence electrons. The van der Waals surface area contributed by atoms with Gasteiger partial charge in [-0.25, -0.2) is 0 Å². The number of nitrogens with one attached hydrogen (secondary N) is 1. The van der Waals surface area contributed by atoms with Gasteiger partial charge in [-0.3, -0.25) is 0 Å². The highest BCUT2D eigenvalue weighted by Crippen LogP contribution is 2.06. The van der Waals surface area contributed by atoms with Crippen LogP contribution in [0.25, 0.3) is 0 Å². The Balaban J connectivity index is 2.15. The highest BCUT2D eigenvalue weighted by atomic mass is 16.5. The molecule has 0 aliphatic carbocycles. The van der Waals surface area contributed by atoms with Crippen LogP contribution in [-0.4, -0.2) is 45.2 Å². The van der Waals surface area contributed by atoms with Crippen LogP contribution in [0.15, 0.2) is 24.3 Å². The molecule has 1 aromatic carbocycles. The molecule has 0 saturated heterocycles. The van der Waals surface area contributed by atoms with Gasteiger partial charge >= 0.3 is 0 Å². The van der Waals surface area contributed by atoms with Crippen LogP contribution in [0.5, 0.6) is 0 Å². The quantitative estimate of drug-likeness (QED) is 0.630. The van der Waals surface area contributed by atoms with E-state index >= 15 is 0 Å². The van der Waals surface area contributed by atoms with Gasteiger partial charge in [0.2, 0.25) is 0 Å². The molecule has 0 amide bonds. The van der Waals surface area contributed by atoms with Gasteiger partial charge in [-0.1, -0.05) is 31.2 Å². The lowest BCUT2D eigenvalue weighted by Crippen LogP contribution is -2.17. The summed E-state index contributed by atoms with van der Waals surface area (Å²) in [5.41, 5.74) is 2.66. The molecule has 0 aliphatic rings. The molecule has 0 atom stereocenters. The van der Waals surface area contributed by atoms with E-state index in [1.54, 1.807) is 0 Å². The summed E-state index contributed by atoms with van der Waals surface area (Å²) in [6.07, 6.45) is 3.39. The molecule has 1 aromatic rings. The van der Waals surface area contributed by atoms with Gasteiger partial charge in [-0.2, -0.15) is 0 Å². The van der Waals surface area contributed by atoms with Crippen LogP contribution in [0, 0.1) is 0 Å². The van der Waals surface area contributed by atoms with Crippen molar-refractivity contribution >= 4 is 0 Å². The number of ether oxygens (including phenoxy) is 1. The second-order valence-electron chi connectivity index (χ2n) is 5.53. The minimum absolute atomic E-state index is 0.724. The molecular formula is C17H30N2O. The van der Waals surface area contributed by atoms with Gasteiger partial charge in [0.1, 0.15) is 0 Å². The number of nitrogens with zero attached hydrogens (tertiary/aromatic N) is 1. The summed E-state index contributed by atoms with van der Waals surface area (Å²) in [7, 11) is 4.18. The van der Waals surface area contributed by atoms with Crippen molar-refractivity contribution in [3.63, 3.8) is 0 Å². The van der Waals surface area contributed by atoms with E-state index in [2.05, 4.69) is 55.5 Å². The third-order valence-electron chi connectivity index (χ3n) is 3.20. The third-order valence-corrected chi connectivity index (χ3v) is 3.20. The van der Waals surface area contributed by atoms with E-state index in [9.17, 15) is 0 Å². The third kappa shape index (κ3) is 8.31. The first kappa shape index (κ1) is 17.2. The first-order chi connectivity index (χ1) is 9.72. The summed E-state index contributed by atoms with van der Waals surface area (Å²) >= 11 is 0. The van der Waals surface area contributed by atoms with Crippen LogP contribution in [0.1, 0.15) is 30.9 Å². The van der Waals surface area contributed by atoms with Crippen LogP contribution < -0.4 is 5.32 Å². The molecule has 0 fully saturated rings. The van der Waals surface area contributed by atoms with Gasteiger partial charge in [0.05, 0.1) is 6.61 Å². The molecule has 0 aromatic heterocycles. The van der Waals surface area contributed by atoms with Crippen molar-refractivity contribution < 1.29 is 4.74 Å². The average Bonchev–Trinajstić information content (AvgIpc) is 2.44. The van der Waals surface area contributed by atoms with Crippen molar-refractivity contribution in [1.29, 1.82) is 0 Å². The van der Waals surface area contributed by atoms with Gasteiger partial charge in [0.15, 0.2) is 0 Å². The van der Waals surface area contributed by atoms with Gasteiger partial charge in [0, 0.05) is 6.61 Å². The molecule has 3 heteroatoms. The maximum atomic E-state index is 5.68. The van der Waals surface area contributed by atoms with Crippen molar-refractivity contribution in [2.24, 2.45) is 0 Å². The van der Waals surface area contributed by atoms with Crippen LogP contribution >= 0.6 is 0 Å². The zero-order chi connectivity index (χ0) is 14.6. The van der Waals surface area contributed by atoms with E-state index in [-0.39, 0.29) is 0 Å². The SMILES string of the molecule is CCCNCCc1ccc(COCCCN(C)C)cc1. The van der Waals surface area contributed by atoms with Gasteiger partial charge < -0.3 is 15.0 Å². The lowest BCUT2D eigenvalue weighted by atomic mass is 10.1. The van der Waals surface area contributed by atoms with E-state index in [1.165, 1.54) is 17.5 Å².